The highest BCUT2D eigenvalue weighted by molar-refractivity contribution is 9.10. The van der Waals surface area contributed by atoms with Gasteiger partial charge in [0.05, 0.1) is 4.47 Å². The number of benzene rings is 1. The van der Waals surface area contributed by atoms with E-state index in [4.69, 9.17) is 0 Å². The number of nitrogens with one attached hydrogen (secondary N) is 2. The second-order valence-corrected chi connectivity index (χ2v) is 5.39. The summed E-state index contributed by atoms with van der Waals surface area (Å²) in [5, 5.41) is 6.18. The SMILES string of the molecule is CNc1ncc(Br)c(NCc2ccc(Br)cc2)n1. The summed E-state index contributed by atoms with van der Waals surface area (Å²) in [7, 11) is 1.79. The van der Waals surface area contributed by atoms with Gasteiger partial charge in [-0.1, -0.05) is 28.1 Å². The molecule has 6 heteroatoms. The van der Waals surface area contributed by atoms with E-state index in [9.17, 15) is 0 Å². The van der Waals surface area contributed by atoms with Crippen LogP contribution in [0.4, 0.5) is 11.8 Å². The molecule has 0 radical (unpaired) electrons. The van der Waals surface area contributed by atoms with Crippen molar-refractivity contribution in [2.24, 2.45) is 0 Å². The second-order valence-electron chi connectivity index (χ2n) is 3.62. The Hall–Kier alpha value is -1.14. The molecule has 94 valence electrons. The van der Waals surface area contributed by atoms with Crippen molar-refractivity contribution in [2.75, 3.05) is 17.7 Å². The molecule has 0 amide bonds. The van der Waals surface area contributed by atoms with E-state index in [1.165, 1.54) is 5.56 Å². The maximum atomic E-state index is 4.33. The molecule has 0 saturated carbocycles. The molecule has 1 heterocycles. The van der Waals surface area contributed by atoms with Crippen LogP contribution in [0.2, 0.25) is 0 Å². The topological polar surface area (TPSA) is 49.8 Å². The molecule has 0 spiro atoms. The Morgan fingerprint density at radius 1 is 1.17 bits per heavy atom. The fourth-order valence-electron chi connectivity index (χ4n) is 1.40. The number of halogens is 2. The van der Waals surface area contributed by atoms with E-state index in [0.717, 1.165) is 14.8 Å². The maximum Gasteiger partial charge on any atom is 0.224 e. The van der Waals surface area contributed by atoms with E-state index >= 15 is 0 Å². The lowest BCUT2D eigenvalue weighted by molar-refractivity contribution is 1.07. The molecule has 0 bridgehead atoms. The van der Waals surface area contributed by atoms with Crippen LogP contribution < -0.4 is 10.6 Å². The van der Waals surface area contributed by atoms with E-state index in [1.54, 1.807) is 13.2 Å². The molecule has 4 nitrogen and oxygen atoms in total. The van der Waals surface area contributed by atoms with E-state index in [2.05, 4.69) is 64.6 Å². The molecule has 0 atom stereocenters. The minimum absolute atomic E-state index is 0.594. The van der Waals surface area contributed by atoms with Gasteiger partial charge in [0.25, 0.3) is 0 Å². The van der Waals surface area contributed by atoms with E-state index in [1.807, 2.05) is 12.1 Å². The molecule has 0 unspecified atom stereocenters. The van der Waals surface area contributed by atoms with Crippen molar-refractivity contribution in [1.82, 2.24) is 9.97 Å². The Bertz CT molecular complexity index is 528. The van der Waals surface area contributed by atoms with Crippen molar-refractivity contribution in [3.05, 3.63) is 45.0 Å². The number of rotatable bonds is 4. The molecule has 0 aliphatic heterocycles. The van der Waals surface area contributed by atoms with Crippen molar-refractivity contribution >= 4 is 43.6 Å². The van der Waals surface area contributed by atoms with E-state index in [-0.39, 0.29) is 0 Å². The van der Waals surface area contributed by atoms with Crippen LogP contribution >= 0.6 is 31.9 Å². The van der Waals surface area contributed by atoms with E-state index < -0.39 is 0 Å². The summed E-state index contributed by atoms with van der Waals surface area (Å²) in [5.74, 6) is 1.37. The fraction of sp³-hybridized carbons (Fsp3) is 0.167. The van der Waals surface area contributed by atoms with Gasteiger partial charge < -0.3 is 10.6 Å². The quantitative estimate of drug-likeness (QED) is 0.861. The van der Waals surface area contributed by atoms with Gasteiger partial charge in [0.2, 0.25) is 5.95 Å². The number of hydrogen-bond acceptors (Lipinski definition) is 4. The second kappa shape index (κ2) is 6.15. The number of nitrogens with zero attached hydrogens (tertiary/aromatic N) is 2. The van der Waals surface area contributed by atoms with Gasteiger partial charge in [-0.3, -0.25) is 0 Å². The zero-order valence-corrected chi connectivity index (χ0v) is 12.9. The van der Waals surface area contributed by atoms with Crippen LogP contribution in [0.15, 0.2) is 39.4 Å². The van der Waals surface area contributed by atoms with Gasteiger partial charge in [-0.2, -0.15) is 4.98 Å². The summed E-state index contributed by atoms with van der Waals surface area (Å²) < 4.78 is 1.92. The smallest absolute Gasteiger partial charge is 0.224 e. The molecule has 0 saturated heterocycles. The largest absolute Gasteiger partial charge is 0.365 e. The highest BCUT2D eigenvalue weighted by Crippen LogP contribution is 2.21. The highest BCUT2D eigenvalue weighted by atomic mass is 79.9. The van der Waals surface area contributed by atoms with Crippen molar-refractivity contribution < 1.29 is 0 Å². The molecule has 0 fully saturated rings. The molecule has 18 heavy (non-hydrogen) atoms. The molecule has 1 aromatic heterocycles. The predicted molar refractivity (Wildman–Crippen MR) is 80.7 cm³/mol. The normalized spacial score (nSPS) is 10.2. The standard InChI is InChI=1S/C12H12Br2N4/c1-15-12-17-7-10(14)11(18-12)16-6-8-2-4-9(13)5-3-8/h2-5,7H,6H2,1H3,(H2,15,16,17,18). The fourth-order valence-corrected chi connectivity index (χ4v) is 2.00. The summed E-state index contributed by atoms with van der Waals surface area (Å²) in [6.45, 7) is 0.714. The van der Waals surface area contributed by atoms with Crippen molar-refractivity contribution in [3.63, 3.8) is 0 Å². The third-order valence-electron chi connectivity index (χ3n) is 2.34. The summed E-state index contributed by atoms with van der Waals surface area (Å²) in [4.78, 5) is 8.44. The molecular formula is C12H12Br2N4. The first-order valence-electron chi connectivity index (χ1n) is 5.37. The molecule has 2 aromatic rings. The van der Waals surface area contributed by atoms with Crippen LogP contribution in [0.3, 0.4) is 0 Å². The summed E-state index contributed by atoms with van der Waals surface area (Å²) in [5.41, 5.74) is 1.19. The van der Waals surface area contributed by atoms with Gasteiger partial charge in [-0.25, -0.2) is 4.98 Å². The van der Waals surface area contributed by atoms with Crippen molar-refractivity contribution in [1.29, 1.82) is 0 Å². The predicted octanol–water partition coefficient (Wildman–Crippen LogP) is 3.66. The Morgan fingerprint density at radius 2 is 1.89 bits per heavy atom. The molecule has 1 aromatic carbocycles. The molecular weight excluding hydrogens is 360 g/mol. The monoisotopic (exact) mass is 370 g/mol. The first kappa shape index (κ1) is 13.3. The minimum Gasteiger partial charge on any atom is -0.365 e. The van der Waals surface area contributed by atoms with Crippen LogP contribution in [0.25, 0.3) is 0 Å². The first-order chi connectivity index (χ1) is 8.69. The summed E-state index contributed by atoms with van der Waals surface area (Å²) in [6, 6.07) is 8.16. The highest BCUT2D eigenvalue weighted by Gasteiger charge is 2.03. The number of aromatic nitrogens is 2. The zero-order valence-electron chi connectivity index (χ0n) is 9.74. The summed E-state index contributed by atoms with van der Waals surface area (Å²) in [6.07, 6.45) is 1.72. The lowest BCUT2D eigenvalue weighted by Crippen LogP contribution is -2.05. The van der Waals surface area contributed by atoms with Gasteiger partial charge in [0, 0.05) is 24.3 Å². The van der Waals surface area contributed by atoms with Crippen LogP contribution in [-0.4, -0.2) is 17.0 Å². The summed E-state index contributed by atoms with van der Waals surface area (Å²) >= 11 is 6.84. The minimum atomic E-state index is 0.594. The Kier molecular flexibility index (Phi) is 4.54. The average Bonchev–Trinajstić information content (AvgIpc) is 2.40. The Balaban J connectivity index is 2.07. The lowest BCUT2D eigenvalue weighted by atomic mass is 10.2. The average molecular weight is 372 g/mol. The van der Waals surface area contributed by atoms with Crippen LogP contribution in [0.5, 0.6) is 0 Å². The van der Waals surface area contributed by atoms with Gasteiger partial charge in [0.1, 0.15) is 5.82 Å². The Morgan fingerprint density at radius 3 is 2.56 bits per heavy atom. The third-order valence-corrected chi connectivity index (χ3v) is 3.45. The zero-order chi connectivity index (χ0) is 13.0. The molecule has 2 rings (SSSR count). The Labute approximate surface area is 122 Å². The van der Waals surface area contributed by atoms with Gasteiger partial charge in [-0.05, 0) is 33.6 Å². The van der Waals surface area contributed by atoms with Crippen molar-refractivity contribution in [2.45, 2.75) is 6.54 Å². The number of anilines is 2. The van der Waals surface area contributed by atoms with Gasteiger partial charge >= 0.3 is 0 Å². The van der Waals surface area contributed by atoms with Gasteiger partial charge in [-0.15, -0.1) is 0 Å². The first-order valence-corrected chi connectivity index (χ1v) is 6.96. The maximum absolute atomic E-state index is 4.33. The van der Waals surface area contributed by atoms with Crippen LogP contribution in [0, 0.1) is 0 Å². The molecule has 2 N–H and O–H groups in total. The third kappa shape index (κ3) is 3.43. The molecule has 0 aliphatic rings. The lowest BCUT2D eigenvalue weighted by Gasteiger charge is -2.09. The van der Waals surface area contributed by atoms with Gasteiger partial charge in [0.15, 0.2) is 0 Å². The number of hydrogen-bond donors (Lipinski definition) is 2. The van der Waals surface area contributed by atoms with E-state index in [0.29, 0.717) is 12.5 Å². The van der Waals surface area contributed by atoms with Crippen LogP contribution in [0.1, 0.15) is 5.56 Å². The molecule has 0 aliphatic carbocycles. The van der Waals surface area contributed by atoms with Crippen LogP contribution in [-0.2, 0) is 6.54 Å². The van der Waals surface area contributed by atoms with Crippen molar-refractivity contribution in [3.8, 4) is 0 Å².